The number of rotatable bonds is 3. The Morgan fingerprint density at radius 3 is 2.69 bits per heavy atom. The van der Waals surface area contributed by atoms with Gasteiger partial charge in [0.05, 0.1) is 11.9 Å². The average Bonchev–Trinajstić information content (AvgIpc) is 2.30. The van der Waals surface area contributed by atoms with Gasteiger partial charge in [0.15, 0.2) is 0 Å². The van der Waals surface area contributed by atoms with Crippen molar-refractivity contribution >= 4 is 35.7 Å². The normalized spacial score (nSPS) is 11.9. The largest absolute Gasteiger partial charge is 0.258 e. The van der Waals surface area contributed by atoms with Gasteiger partial charge in [-0.05, 0) is 22.9 Å². The van der Waals surface area contributed by atoms with E-state index in [0.29, 0.717) is 16.7 Å². The third-order valence-electron chi connectivity index (χ3n) is 1.47. The number of aromatic nitrogens is 2. The van der Waals surface area contributed by atoms with Gasteiger partial charge >= 0.3 is 0 Å². The predicted molar refractivity (Wildman–Crippen MR) is 54.1 cm³/mol. The lowest BCUT2D eigenvalue weighted by Gasteiger charge is -1.98. The van der Waals surface area contributed by atoms with Crippen molar-refractivity contribution in [3.05, 3.63) is 16.4 Å². The molecule has 7 heteroatoms. The summed E-state index contributed by atoms with van der Waals surface area (Å²) in [6, 6.07) is 0. The smallest absolute Gasteiger partial charge is 0.236 e. The van der Waals surface area contributed by atoms with E-state index in [1.165, 1.54) is 6.20 Å². The van der Waals surface area contributed by atoms with E-state index in [1.807, 2.05) is 6.92 Å². The molecule has 1 aromatic rings. The molecule has 0 spiro atoms. The Labute approximate surface area is 89.4 Å². The second-order valence-corrected chi connectivity index (χ2v) is 5.99. The molecule has 0 atom stereocenters. The Hall–Kier alpha value is -0.0700. The molecule has 1 rings (SSSR count). The van der Waals surface area contributed by atoms with Crippen molar-refractivity contribution in [1.29, 1.82) is 0 Å². The molecule has 0 fully saturated rings. The zero-order chi connectivity index (χ0) is 10.1. The summed E-state index contributed by atoms with van der Waals surface area (Å²) in [7, 11) is 1.60. The molecule has 0 saturated heterocycles. The van der Waals surface area contributed by atoms with E-state index in [-0.39, 0.29) is 5.75 Å². The molecule has 1 heterocycles. The van der Waals surface area contributed by atoms with Crippen molar-refractivity contribution in [2.24, 2.45) is 0 Å². The third kappa shape index (κ3) is 2.96. The fourth-order valence-electron chi connectivity index (χ4n) is 0.912. The Morgan fingerprint density at radius 1 is 1.69 bits per heavy atom. The first-order valence-corrected chi connectivity index (χ1v) is 6.83. The first-order valence-electron chi connectivity index (χ1n) is 3.56. The lowest BCUT2D eigenvalue weighted by Crippen LogP contribution is -1.98. The highest BCUT2D eigenvalue weighted by Gasteiger charge is 2.13. The zero-order valence-electron chi connectivity index (χ0n) is 6.87. The van der Waals surface area contributed by atoms with Crippen LogP contribution in [0.15, 0.2) is 10.8 Å². The molecule has 0 aliphatic heterocycles. The van der Waals surface area contributed by atoms with E-state index >= 15 is 0 Å². The van der Waals surface area contributed by atoms with E-state index < -0.39 is 9.05 Å². The van der Waals surface area contributed by atoms with Gasteiger partial charge in [0.2, 0.25) is 9.05 Å². The Kier molecular flexibility index (Phi) is 3.37. The van der Waals surface area contributed by atoms with Crippen LogP contribution in [0.4, 0.5) is 0 Å². The number of aryl methyl sites for hydroxylation is 1. The van der Waals surface area contributed by atoms with Crippen LogP contribution in [-0.2, 0) is 21.3 Å². The van der Waals surface area contributed by atoms with Crippen LogP contribution < -0.4 is 0 Å². The van der Waals surface area contributed by atoms with Crippen LogP contribution >= 0.6 is 26.6 Å². The van der Waals surface area contributed by atoms with Gasteiger partial charge in [-0.3, -0.25) is 4.68 Å². The summed E-state index contributed by atoms with van der Waals surface area (Å²) in [5.41, 5.74) is 0.580. The van der Waals surface area contributed by atoms with Crippen molar-refractivity contribution in [3.63, 3.8) is 0 Å². The van der Waals surface area contributed by atoms with Crippen LogP contribution in [-0.4, -0.2) is 18.2 Å². The van der Waals surface area contributed by atoms with E-state index in [2.05, 4.69) is 21.0 Å². The van der Waals surface area contributed by atoms with Gasteiger partial charge in [0.1, 0.15) is 4.60 Å². The molecular weight excluding hydrogens is 280 g/mol. The lowest BCUT2D eigenvalue weighted by molar-refractivity contribution is 0.608. The van der Waals surface area contributed by atoms with E-state index in [4.69, 9.17) is 10.7 Å². The summed E-state index contributed by atoms with van der Waals surface area (Å²) in [4.78, 5) is 0. The molecule has 0 radical (unpaired) electrons. The van der Waals surface area contributed by atoms with E-state index in [9.17, 15) is 8.42 Å². The van der Waals surface area contributed by atoms with E-state index in [0.717, 1.165) is 0 Å². The molecule has 0 bridgehead atoms. The summed E-state index contributed by atoms with van der Waals surface area (Å²) in [5.74, 6) is -0.199. The van der Waals surface area contributed by atoms with Gasteiger partial charge in [0.25, 0.3) is 0 Å². The maximum absolute atomic E-state index is 10.8. The number of hydrogen-bond donors (Lipinski definition) is 0. The molecule has 0 aliphatic rings. The molecule has 74 valence electrons. The molecule has 13 heavy (non-hydrogen) atoms. The molecule has 0 N–H and O–H groups in total. The molecule has 0 aromatic carbocycles. The predicted octanol–water partition coefficient (Wildman–Crippen LogP) is 1.73. The highest BCUT2D eigenvalue weighted by atomic mass is 79.9. The van der Waals surface area contributed by atoms with Crippen molar-refractivity contribution in [1.82, 2.24) is 9.78 Å². The van der Waals surface area contributed by atoms with Crippen molar-refractivity contribution in [2.45, 2.75) is 19.2 Å². The molecule has 0 unspecified atom stereocenters. The minimum atomic E-state index is -3.51. The summed E-state index contributed by atoms with van der Waals surface area (Å²) >= 11 is 3.24. The fraction of sp³-hybridized carbons (Fsp3) is 0.500. The van der Waals surface area contributed by atoms with Crippen molar-refractivity contribution < 1.29 is 8.42 Å². The quantitative estimate of drug-likeness (QED) is 0.796. The fourth-order valence-corrected chi connectivity index (χ4v) is 2.62. The van der Waals surface area contributed by atoms with Crippen LogP contribution in [0.5, 0.6) is 0 Å². The van der Waals surface area contributed by atoms with Crippen LogP contribution in [0.3, 0.4) is 0 Å². The summed E-state index contributed by atoms with van der Waals surface area (Å²) < 4.78 is 23.8. The van der Waals surface area contributed by atoms with Crippen LogP contribution in [0.2, 0.25) is 0 Å². The van der Waals surface area contributed by atoms with Crippen LogP contribution in [0, 0.1) is 0 Å². The monoisotopic (exact) mass is 286 g/mol. The van der Waals surface area contributed by atoms with Crippen LogP contribution in [0.25, 0.3) is 0 Å². The SMILES string of the molecule is CCn1ncc(CS(=O)(=O)Cl)c1Br. The molecule has 4 nitrogen and oxygen atoms in total. The minimum Gasteiger partial charge on any atom is -0.258 e. The Bertz CT molecular complexity index is 401. The Morgan fingerprint density at radius 2 is 2.31 bits per heavy atom. The molecule has 0 saturated carbocycles. The topological polar surface area (TPSA) is 52.0 Å². The number of hydrogen-bond acceptors (Lipinski definition) is 3. The maximum atomic E-state index is 10.8. The van der Waals surface area contributed by atoms with Crippen LogP contribution in [0.1, 0.15) is 12.5 Å². The molecular formula is C6H8BrClN2O2S. The molecule has 1 aromatic heterocycles. The van der Waals surface area contributed by atoms with Gasteiger partial charge in [-0.1, -0.05) is 0 Å². The van der Waals surface area contributed by atoms with Gasteiger partial charge in [-0.25, -0.2) is 8.42 Å². The Balaban J connectivity index is 2.97. The first-order chi connectivity index (χ1) is 5.94. The average molecular weight is 288 g/mol. The zero-order valence-corrected chi connectivity index (χ0v) is 10.0. The van der Waals surface area contributed by atoms with Gasteiger partial charge in [-0.15, -0.1) is 0 Å². The highest BCUT2D eigenvalue weighted by molar-refractivity contribution is 9.10. The maximum Gasteiger partial charge on any atom is 0.236 e. The number of halogens is 2. The highest BCUT2D eigenvalue weighted by Crippen LogP contribution is 2.19. The number of nitrogens with zero attached hydrogens (tertiary/aromatic N) is 2. The summed E-state index contributed by atoms with van der Waals surface area (Å²) in [6.45, 7) is 2.60. The van der Waals surface area contributed by atoms with Gasteiger partial charge in [0, 0.05) is 22.8 Å². The van der Waals surface area contributed by atoms with Gasteiger partial charge in [-0.2, -0.15) is 5.10 Å². The minimum absolute atomic E-state index is 0.199. The summed E-state index contributed by atoms with van der Waals surface area (Å²) in [5, 5.41) is 3.97. The lowest BCUT2D eigenvalue weighted by atomic mass is 10.4. The van der Waals surface area contributed by atoms with E-state index in [1.54, 1.807) is 4.68 Å². The van der Waals surface area contributed by atoms with Crippen molar-refractivity contribution in [2.75, 3.05) is 0 Å². The standard InChI is InChI=1S/C6H8BrClN2O2S/c1-2-10-6(7)5(3-9-10)4-13(8,11)12/h3H,2,4H2,1H3. The summed E-state index contributed by atoms with van der Waals surface area (Å²) in [6.07, 6.45) is 1.49. The third-order valence-corrected chi connectivity index (χ3v) is 3.37. The second kappa shape index (κ2) is 3.98. The molecule has 0 amide bonds. The molecule has 0 aliphatic carbocycles. The first kappa shape index (κ1) is 11.0. The second-order valence-electron chi connectivity index (χ2n) is 2.46. The van der Waals surface area contributed by atoms with Gasteiger partial charge < -0.3 is 0 Å². The van der Waals surface area contributed by atoms with Crippen molar-refractivity contribution in [3.8, 4) is 0 Å².